The Labute approximate surface area is 134 Å². The first kappa shape index (κ1) is 20.8. The summed E-state index contributed by atoms with van der Waals surface area (Å²) in [6.45, 7) is 0.541. The Kier molecular flexibility index (Phi) is 6.35. The van der Waals surface area contributed by atoms with E-state index in [4.69, 9.17) is 0 Å². The van der Waals surface area contributed by atoms with Crippen molar-refractivity contribution in [3.8, 4) is 0 Å². The van der Waals surface area contributed by atoms with Gasteiger partial charge >= 0.3 is 22.4 Å². The fourth-order valence-electron chi connectivity index (χ4n) is 1.27. The van der Waals surface area contributed by atoms with E-state index < -0.39 is 34.4 Å². The molecule has 0 N–H and O–H groups in total. The average molecular weight is 465 g/mol. The van der Waals surface area contributed by atoms with E-state index in [9.17, 15) is 30.7 Å². The van der Waals surface area contributed by atoms with E-state index >= 15 is 0 Å². The fourth-order valence-corrected chi connectivity index (χ4v) is 2.54. The maximum absolute atomic E-state index is 13.9. The third-order valence-corrected chi connectivity index (χ3v) is 4.20. The molecular formula is C9H10Cl2F7IO. The summed E-state index contributed by atoms with van der Waals surface area (Å²) in [5.74, 6) is -11.3. The van der Waals surface area contributed by atoms with E-state index in [0.29, 0.717) is 14.0 Å². The molecule has 0 rings (SSSR count). The zero-order chi connectivity index (χ0) is 16.6. The van der Waals surface area contributed by atoms with Crippen LogP contribution in [0.3, 0.4) is 0 Å². The van der Waals surface area contributed by atoms with Crippen molar-refractivity contribution >= 4 is 45.8 Å². The Morgan fingerprint density at radius 3 is 1.60 bits per heavy atom. The summed E-state index contributed by atoms with van der Waals surface area (Å²) in [6, 6.07) is 0. The molecule has 1 nitrogen and oxygen atoms in total. The molecule has 0 aliphatic heterocycles. The first-order valence-corrected chi connectivity index (χ1v) is 7.22. The molecule has 20 heavy (non-hydrogen) atoms. The van der Waals surface area contributed by atoms with E-state index in [2.05, 4.69) is 27.9 Å². The first-order chi connectivity index (χ1) is 8.62. The normalized spacial score (nSPS) is 20.4. The van der Waals surface area contributed by atoms with E-state index in [-0.39, 0.29) is 4.43 Å². The van der Waals surface area contributed by atoms with Crippen molar-refractivity contribution in [2.45, 2.75) is 41.3 Å². The maximum Gasteiger partial charge on any atom is 0.375 e. The monoisotopic (exact) mass is 464 g/mol. The van der Waals surface area contributed by atoms with Crippen molar-refractivity contribution < 1.29 is 35.5 Å². The highest BCUT2D eigenvalue weighted by Crippen LogP contribution is 2.58. The van der Waals surface area contributed by atoms with Crippen molar-refractivity contribution in [2.75, 3.05) is 11.5 Å². The molecule has 0 aromatic rings. The molecule has 11 heteroatoms. The lowest BCUT2D eigenvalue weighted by Gasteiger charge is -2.43. The lowest BCUT2D eigenvalue weighted by atomic mass is 9.87. The summed E-state index contributed by atoms with van der Waals surface area (Å²) in [7, 11) is 0.670. The molecule has 0 bridgehead atoms. The van der Waals surface area contributed by atoms with Gasteiger partial charge in [0.05, 0.1) is 0 Å². The van der Waals surface area contributed by atoms with Crippen LogP contribution >= 0.6 is 45.8 Å². The van der Waals surface area contributed by atoms with Gasteiger partial charge in [-0.25, -0.2) is 4.39 Å². The Bertz CT molecular complexity index is 348. The van der Waals surface area contributed by atoms with Crippen molar-refractivity contribution in [3.63, 3.8) is 0 Å². The minimum atomic E-state index is -5.98. The second-order valence-electron chi connectivity index (χ2n) is 4.09. The largest absolute Gasteiger partial charge is 0.375 e. The van der Waals surface area contributed by atoms with Crippen LogP contribution in [0.4, 0.5) is 30.7 Å². The highest BCUT2D eigenvalue weighted by Gasteiger charge is 2.82. The molecule has 0 aromatic heterocycles. The van der Waals surface area contributed by atoms with Gasteiger partial charge in [0.15, 0.2) is 0 Å². The van der Waals surface area contributed by atoms with Gasteiger partial charge in [0.1, 0.15) is 5.60 Å². The Balaban J connectivity index is 5.91. The summed E-state index contributed by atoms with van der Waals surface area (Å²) in [4.78, 5) is 0. The molecule has 0 heterocycles. The van der Waals surface area contributed by atoms with E-state index in [1.165, 1.54) is 0 Å². The number of rotatable bonds is 7. The van der Waals surface area contributed by atoms with Gasteiger partial charge in [-0.15, -0.1) is 0 Å². The minimum absolute atomic E-state index is 0.0768. The van der Waals surface area contributed by atoms with Crippen LogP contribution in [0.15, 0.2) is 0 Å². The molecule has 2 unspecified atom stereocenters. The molecule has 0 aliphatic carbocycles. The summed E-state index contributed by atoms with van der Waals surface area (Å²) in [6.07, 6.45) is -0.659. The highest BCUT2D eigenvalue weighted by molar-refractivity contribution is 14.1. The van der Waals surface area contributed by atoms with E-state index in [0.717, 1.165) is 0 Å². The van der Waals surface area contributed by atoms with Gasteiger partial charge in [-0.05, 0) is 24.9 Å². The molecule has 0 fully saturated rings. The molecule has 0 aromatic carbocycles. The molecule has 0 spiro atoms. The minimum Gasteiger partial charge on any atom is -0.372 e. The average Bonchev–Trinajstić information content (AvgIpc) is 2.26. The molecule has 0 amide bonds. The van der Waals surface area contributed by atoms with E-state index in [1.807, 2.05) is 0 Å². The van der Waals surface area contributed by atoms with Crippen LogP contribution < -0.4 is 0 Å². The molecule has 0 aliphatic rings. The summed E-state index contributed by atoms with van der Waals surface area (Å²) in [5.41, 5.74) is -2.91. The van der Waals surface area contributed by atoms with Gasteiger partial charge in [0.25, 0.3) is 0 Å². The molecule has 2 atom stereocenters. The van der Waals surface area contributed by atoms with Crippen molar-refractivity contribution in [2.24, 2.45) is 0 Å². The number of ether oxygens (including phenoxy) is 1. The topological polar surface area (TPSA) is 9.23 Å². The lowest BCUT2D eigenvalue weighted by Crippen LogP contribution is -2.67. The van der Waals surface area contributed by atoms with Crippen LogP contribution in [0.5, 0.6) is 0 Å². The lowest BCUT2D eigenvalue weighted by molar-refractivity contribution is -0.333. The summed E-state index contributed by atoms with van der Waals surface area (Å²) in [5, 5.41) is -10.9. The summed E-state index contributed by atoms with van der Waals surface area (Å²) < 4.78 is 97.7. The van der Waals surface area contributed by atoms with Crippen LogP contribution in [0.1, 0.15) is 13.3 Å². The highest BCUT2D eigenvalue weighted by atomic mass is 127. The number of halogens is 10. The predicted molar refractivity (Wildman–Crippen MR) is 69.3 cm³/mol. The number of hydrogen-bond acceptors (Lipinski definition) is 1. The van der Waals surface area contributed by atoms with Gasteiger partial charge in [-0.1, -0.05) is 34.2 Å². The van der Waals surface area contributed by atoms with Crippen LogP contribution in [0, 0.1) is 0 Å². The smallest absolute Gasteiger partial charge is 0.372 e. The zero-order valence-electron chi connectivity index (χ0n) is 10.1. The molecule has 0 radical (unpaired) electrons. The molecule has 0 saturated carbocycles. The standard InChI is InChI=1S/C9H10Cl2F7IO/c1-5(20-2,3-4-19)7(13,14)8(15,16)6(10,12)9(11,17)18/h3-4H2,1-2H3. The van der Waals surface area contributed by atoms with Crippen molar-refractivity contribution in [3.05, 3.63) is 0 Å². The quantitative estimate of drug-likeness (QED) is 0.285. The molecule has 122 valence electrons. The van der Waals surface area contributed by atoms with Gasteiger partial charge in [0, 0.05) is 11.5 Å². The van der Waals surface area contributed by atoms with Gasteiger partial charge in [-0.3, -0.25) is 0 Å². The van der Waals surface area contributed by atoms with Gasteiger partial charge in [0.2, 0.25) is 0 Å². The zero-order valence-corrected chi connectivity index (χ0v) is 13.8. The van der Waals surface area contributed by atoms with Crippen LogP contribution in [-0.4, -0.2) is 39.5 Å². The third-order valence-electron chi connectivity index (χ3n) is 2.83. The second kappa shape index (κ2) is 6.11. The van der Waals surface area contributed by atoms with E-state index in [1.54, 1.807) is 22.6 Å². The fraction of sp³-hybridized carbons (Fsp3) is 1.00. The van der Waals surface area contributed by atoms with Crippen LogP contribution in [-0.2, 0) is 4.74 Å². The molecular weight excluding hydrogens is 455 g/mol. The van der Waals surface area contributed by atoms with Crippen molar-refractivity contribution in [1.29, 1.82) is 0 Å². The van der Waals surface area contributed by atoms with Crippen molar-refractivity contribution in [1.82, 2.24) is 0 Å². The Morgan fingerprint density at radius 2 is 1.35 bits per heavy atom. The van der Waals surface area contributed by atoms with Gasteiger partial charge in [-0.2, -0.15) is 26.3 Å². The Hall–Kier alpha value is 0.780. The summed E-state index contributed by atoms with van der Waals surface area (Å²) >= 11 is 9.99. The van der Waals surface area contributed by atoms with Crippen LogP contribution in [0.2, 0.25) is 0 Å². The predicted octanol–water partition coefficient (Wildman–Crippen LogP) is 5.22. The Morgan fingerprint density at radius 1 is 0.950 bits per heavy atom. The second-order valence-corrected chi connectivity index (χ2v) is 6.17. The first-order valence-electron chi connectivity index (χ1n) is 4.93. The number of hydrogen-bond donors (Lipinski definition) is 0. The SMILES string of the molecule is COC(C)(CCI)C(F)(F)C(F)(F)C(F)(Cl)C(F)(F)Cl. The number of methoxy groups -OCH3 is 1. The number of alkyl halides is 10. The third kappa shape index (κ3) is 3.10. The maximum atomic E-state index is 13.9. The van der Waals surface area contributed by atoms with Gasteiger partial charge < -0.3 is 4.74 Å². The molecule has 0 saturated heterocycles. The van der Waals surface area contributed by atoms with Crippen LogP contribution in [0.25, 0.3) is 0 Å².